The lowest BCUT2D eigenvalue weighted by atomic mass is 9.97. The van der Waals surface area contributed by atoms with Gasteiger partial charge in [-0.25, -0.2) is 4.79 Å². The van der Waals surface area contributed by atoms with Gasteiger partial charge < -0.3 is 9.64 Å². The second kappa shape index (κ2) is 7.20. The number of rotatable bonds is 3. The van der Waals surface area contributed by atoms with Crippen LogP contribution < -0.4 is 5.32 Å². The van der Waals surface area contributed by atoms with Crippen molar-refractivity contribution in [2.24, 2.45) is 5.92 Å². The third-order valence-corrected chi connectivity index (χ3v) is 3.07. The number of carbonyl (C=O) groups is 3. The number of hydrogen-bond donors (Lipinski definition) is 1. The molecule has 0 spiro atoms. The van der Waals surface area contributed by atoms with Gasteiger partial charge in [-0.15, -0.1) is 11.6 Å². The average molecular weight is 277 g/mol. The van der Waals surface area contributed by atoms with Gasteiger partial charge in [0.25, 0.3) is 0 Å². The smallest absolute Gasteiger partial charge is 0.324 e. The first-order valence-electron chi connectivity index (χ1n) is 5.81. The van der Waals surface area contributed by atoms with Crippen LogP contribution in [0.3, 0.4) is 0 Å². The number of urea groups is 1. The van der Waals surface area contributed by atoms with Gasteiger partial charge in [-0.3, -0.25) is 14.9 Å². The van der Waals surface area contributed by atoms with Gasteiger partial charge in [-0.05, 0) is 12.8 Å². The third-order valence-electron chi connectivity index (χ3n) is 2.88. The molecule has 0 aromatic carbocycles. The highest BCUT2D eigenvalue weighted by Crippen LogP contribution is 2.18. The van der Waals surface area contributed by atoms with Gasteiger partial charge in [-0.1, -0.05) is 0 Å². The van der Waals surface area contributed by atoms with E-state index in [0.717, 1.165) is 0 Å². The lowest BCUT2D eigenvalue weighted by molar-refractivity contribution is -0.146. The molecule has 0 aromatic rings. The Bertz CT molecular complexity index is 327. The van der Waals surface area contributed by atoms with Gasteiger partial charge >= 0.3 is 12.0 Å². The van der Waals surface area contributed by atoms with Crippen LogP contribution in [0.5, 0.6) is 0 Å². The summed E-state index contributed by atoms with van der Waals surface area (Å²) in [5.41, 5.74) is 0. The Hall–Kier alpha value is -1.30. The molecular weight excluding hydrogens is 260 g/mol. The molecular formula is C11H17ClN2O4. The van der Waals surface area contributed by atoms with Crippen molar-refractivity contribution in [1.82, 2.24) is 10.2 Å². The van der Waals surface area contributed by atoms with E-state index in [1.54, 1.807) is 0 Å². The van der Waals surface area contributed by atoms with Crippen LogP contribution >= 0.6 is 11.6 Å². The number of nitrogens with zero attached hydrogens (tertiary/aromatic N) is 1. The van der Waals surface area contributed by atoms with Crippen molar-refractivity contribution in [3.05, 3.63) is 0 Å². The highest BCUT2D eigenvalue weighted by Gasteiger charge is 2.28. The molecule has 0 aliphatic carbocycles. The van der Waals surface area contributed by atoms with E-state index < -0.39 is 6.03 Å². The number of imide groups is 1. The molecule has 1 aliphatic rings. The molecule has 1 fully saturated rings. The number of ether oxygens (including phenoxy) is 1. The first-order chi connectivity index (χ1) is 8.58. The summed E-state index contributed by atoms with van der Waals surface area (Å²) >= 11 is 5.40. The molecule has 1 aliphatic heterocycles. The number of piperidine rings is 1. The Balaban J connectivity index is 2.36. The number of hydrogen-bond acceptors (Lipinski definition) is 4. The van der Waals surface area contributed by atoms with Gasteiger partial charge in [0.1, 0.15) is 0 Å². The predicted molar refractivity (Wildman–Crippen MR) is 65.2 cm³/mol. The number of likely N-dealkylation sites (tertiary alicyclic amines) is 1. The normalized spacial score (nSPS) is 16.2. The number of halogens is 1. The van der Waals surface area contributed by atoms with Crippen molar-refractivity contribution >= 4 is 29.5 Å². The average Bonchev–Trinajstić information content (AvgIpc) is 2.38. The van der Waals surface area contributed by atoms with Crippen LogP contribution in [0.2, 0.25) is 0 Å². The zero-order valence-electron chi connectivity index (χ0n) is 10.3. The van der Waals surface area contributed by atoms with Crippen LogP contribution in [-0.4, -0.2) is 48.9 Å². The first-order valence-corrected chi connectivity index (χ1v) is 6.34. The van der Waals surface area contributed by atoms with E-state index >= 15 is 0 Å². The predicted octanol–water partition coefficient (Wildman–Crippen LogP) is 0.736. The molecule has 7 heteroatoms. The summed E-state index contributed by atoms with van der Waals surface area (Å²) in [7, 11) is 1.35. The van der Waals surface area contributed by atoms with E-state index in [9.17, 15) is 14.4 Å². The fraction of sp³-hybridized carbons (Fsp3) is 0.727. The summed E-state index contributed by atoms with van der Waals surface area (Å²) in [6.07, 6.45) is 1.24. The summed E-state index contributed by atoms with van der Waals surface area (Å²) in [5.74, 6) is -0.597. The highest BCUT2D eigenvalue weighted by molar-refractivity contribution is 6.19. The van der Waals surface area contributed by atoms with Crippen molar-refractivity contribution < 1.29 is 19.1 Å². The summed E-state index contributed by atoms with van der Waals surface area (Å²) in [6, 6.07) is -0.423. The number of esters is 1. The Labute approximate surface area is 111 Å². The van der Waals surface area contributed by atoms with Crippen LogP contribution in [0.25, 0.3) is 0 Å². The monoisotopic (exact) mass is 276 g/mol. The maximum Gasteiger partial charge on any atom is 0.324 e. The summed E-state index contributed by atoms with van der Waals surface area (Å²) in [5, 5.41) is 2.26. The van der Waals surface area contributed by atoms with Crippen LogP contribution in [0.1, 0.15) is 19.3 Å². The van der Waals surface area contributed by atoms with Gasteiger partial charge in [0.2, 0.25) is 5.91 Å². The molecule has 3 amide bonds. The maximum atomic E-state index is 11.7. The molecule has 0 aromatic heterocycles. The summed E-state index contributed by atoms with van der Waals surface area (Å²) in [4.78, 5) is 35.7. The molecule has 0 unspecified atom stereocenters. The SMILES string of the molecule is COC(=O)C1CCN(C(=O)NC(=O)CCCl)CC1. The maximum absolute atomic E-state index is 11.7. The molecule has 0 radical (unpaired) electrons. The van der Waals surface area contributed by atoms with Crippen molar-refractivity contribution in [1.29, 1.82) is 0 Å². The third kappa shape index (κ3) is 4.18. The van der Waals surface area contributed by atoms with Crippen LogP contribution in [0, 0.1) is 5.92 Å². The molecule has 1 saturated heterocycles. The first kappa shape index (κ1) is 14.8. The van der Waals surface area contributed by atoms with E-state index in [0.29, 0.717) is 25.9 Å². The van der Waals surface area contributed by atoms with E-state index in [1.807, 2.05) is 0 Å². The standard InChI is InChI=1S/C11H17ClN2O4/c1-18-10(16)8-3-6-14(7-4-8)11(17)13-9(15)2-5-12/h8H,2-7H2,1H3,(H,13,15,17). The van der Waals surface area contributed by atoms with E-state index in [-0.39, 0.29) is 30.1 Å². The zero-order chi connectivity index (χ0) is 13.5. The Kier molecular flexibility index (Phi) is 5.91. The fourth-order valence-corrected chi connectivity index (χ4v) is 2.00. The summed E-state index contributed by atoms with van der Waals surface area (Å²) in [6.45, 7) is 0.888. The molecule has 1 N–H and O–H groups in total. The number of amides is 3. The van der Waals surface area contributed by atoms with Gasteiger partial charge in [0, 0.05) is 25.4 Å². The van der Waals surface area contributed by atoms with E-state index in [4.69, 9.17) is 11.6 Å². The van der Waals surface area contributed by atoms with E-state index in [1.165, 1.54) is 12.0 Å². The number of nitrogens with one attached hydrogen (secondary N) is 1. The minimum atomic E-state index is -0.423. The molecule has 0 bridgehead atoms. The number of alkyl halides is 1. The van der Waals surface area contributed by atoms with Crippen LogP contribution in [0.4, 0.5) is 4.79 Å². The molecule has 6 nitrogen and oxygen atoms in total. The zero-order valence-corrected chi connectivity index (χ0v) is 11.0. The van der Waals surface area contributed by atoms with Crippen molar-refractivity contribution in [2.75, 3.05) is 26.1 Å². The quantitative estimate of drug-likeness (QED) is 0.609. The van der Waals surface area contributed by atoms with Crippen LogP contribution in [0.15, 0.2) is 0 Å². The Morgan fingerprint density at radius 1 is 1.33 bits per heavy atom. The van der Waals surface area contributed by atoms with Crippen molar-refractivity contribution in [3.8, 4) is 0 Å². The molecule has 102 valence electrons. The Morgan fingerprint density at radius 3 is 2.44 bits per heavy atom. The second-order valence-electron chi connectivity index (χ2n) is 4.08. The van der Waals surface area contributed by atoms with Crippen molar-refractivity contribution in [2.45, 2.75) is 19.3 Å². The minimum Gasteiger partial charge on any atom is -0.469 e. The van der Waals surface area contributed by atoms with E-state index in [2.05, 4.69) is 10.1 Å². The Morgan fingerprint density at radius 2 is 1.94 bits per heavy atom. The van der Waals surface area contributed by atoms with Crippen LogP contribution in [-0.2, 0) is 14.3 Å². The lowest BCUT2D eigenvalue weighted by Crippen LogP contribution is -2.47. The summed E-state index contributed by atoms with van der Waals surface area (Å²) < 4.78 is 4.66. The minimum absolute atomic E-state index is 0.117. The number of methoxy groups -OCH3 is 1. The van der Waals surface area contributed by atoms with Gasteiger partial charge in [-0.2, -0.15) is 0 Å². The number of carbonyl (C=O) groups excluding carboxylic acids is 3. The van der Waals surface area contributed by atoms with Gasteiger partial charge in [0.15, 0.2) is 0 Å². The molecule has 18 heavy (non-hydrogen) atoms. The lowest BCUT2D eigenvalue weighted by Gasteiger charge is -2.30. The highest BCUT2D eigenvalue weighted by atomic mass is 35.5. The second-order valence-corrected chi connectivity index (χ2v) is 4.45. The fourth-order valence-electron chi connectivity index (χ4n) is 1.83. The molecule has 1 rings (SSSR count). The van der Waals surface area contributed by atoms with Crippen molar-refractivity contribution in [3.63, 3.8) is 0 Å². The molecule has 0 atom stereocenters. The molecule has 1 heterocycles. The topological polar surface area (TPSA) is 75.7 Å². The largest absolute Gasteiger partial charge is 0.469 e. The molecule has 0 saturated carbocycles. The van der Waals surface area contributed by atoms with Gasteiger partial charge in [0.05, 0.1) is 13.0 Å².